The highest BCUT2D eigenvalue weighted by Gasteiger charge is 2.25. The van der Waals surface area contributed by atoms with E-state index in [0.29, 0.717) is 12.5 Å². The van der Waals surface area contributed by atoms with Gasteiger partial charge in [0.15, 0.2) is 0 Å². The molecule has 6 rings (SSSR count). The lowest BCUT2D eigenvalue weighted by molar-refractivity contribution is -0.122. The van der Waals surface area contributed by atoms with Crippen molar-refractivity contribution in [2.24, 2.45) is 5.92 Å². The molecule has 37 heavy (non-hydrogen) atoms. The van der Waals surface area contributed by atoms with Gasteiger partial charge in [0.25, 0.3) is 0 Å². The first-order valence-electron chi connectivity index (χ1n) is 13.1. The van der Waals surface area contributed by atoms with Gasteiger partial charge in [0.2, 0.25) is 11.9 Å². The Kier molecular flexibility index (Phi) is 6.84. The van der Waals surface area contributed by atoms with Gasteiger partial charge >= 0.3 is 0 Å². The number of nitrogens with zero attached hydrogens (tertiary/aromatic N) is 4. The third kappa shape index (κ3) is 5.65. The van der Waals surface area contributed by atoms with Crippen molar-refractivity contribution in [2.75, 3.05) is 36.9 Å². The third-order valence-electron chi connectivity index (χ3n) is 7.22. The highest BCUT2D eigenvalue weighted by Crippen LogP contribution is 2.28. The molecule has 0 atom stereocenters. The minimum Gasteiger partial charge on any atom is -0.379 e. The van der Waals surface area contributed by atoms with Gasteiger partial charge in [0.05, 0.1) is 13.2 Å². The van der Waals surface area contributed by atoms with Crippen molar-refractivity contribution in [1.29, 1.82) is 0 Å². The number of nitrogens with one attached hydrogen (secondary N) is 2. The highest BCUT2D eigenvalue weighted by molar-refractivity contribution is 5.93. The number of hydrogen-bond donors (Lipinski definition) is 2. The van der Waals surface area contributed by atoms with Crippen LogP contribution < -0.4 is 10.6 Å². The predicted molar refractivity (Wildman–Crippen MR) is 145 cm³/mol. The summed E-state index contributed by atoms with van der Waals surface area (Å²) in [4.78, 5) is 24.1. The number of morpholine rings is 1. The minimum absolute atomic E-state index is 0.132. The number of aromatic nitrogens is 3. The van der Waals surface area contributed by atoms with Crippen LogP contribution in [0.3, 0.4) is 0 Å². The lowest BCUT2D eigenvalue weighted by atomic mass is 9.85. The van der Waals surface area contributed by atoms with Gasteiger partial charge in [0, 0.05) is 61.3 Å². The maximum absolute atomic E-state index is 12.4. The van der Waals surface area contributed by atoms with Crippen LogP contribution in [-0.2, 0) is 22.6 Å². The molecule has 1 aliphatic carbocycles. The van der Waals surface area contributed by atoms with Crippen LogP contribution in [0.4, 0.5) is 17.3 Å². The van der Waals surface area contributed by atoms with Crippen molar-refractivity contribution in [3.63, 3.8) is 0 Å². The maximum Gasteiger partial charge on any atom is 0.229 e. The molecule has 0 bridgehead atoms. The molecule has 1 saturated heterocycles. The summed E-state index contributed by atoms with van der Waals surface area (Å²) < 4.78 is 7.58. The van der Waals surface area contributed by atoms with Gasteiger partial charge in [-0.1, -0.05) is 30.7 Å². The molecular weight excluding hydrogens is 464 g/mol. The van der Waals surface area contributed by atoms with E-state index in [9.17, 15) is 4.79 Å². The summed E-state index contributed by atoms with van der Waals surface area (Å²) in [5, 5.41) is 7.44. The first-order chi connectivity index (χ1) is 18.2. The van der Waals surface area contributed by atoms with Crippen LogP contribution in [0.1, 0.15) is 30.4 Å². The molecule has 1 saturated carbocycles. The molecule has 0 radical (unpaired) electrons. The Morgan fingerprint density at radius 1 is 0.973 bits per heavy atom. The molecule has 1 aliphatic heterocycles. The molecule has 1 amide bonds. The molecule has 2 aromatic carbocycles. The Bertz CT molecular complexity index is 1390. The van der Waals surface area contributed by atoms with E-state index in [4.69, 9.17) is 9.72 Å². The summed E-state index contributed by atoms with van der Waals surface area (Å²) in [6.07, 6.45) is 7.03. The van der Waals surface area contributed by atoms with Crippen molar-refractivity contribution < 1.29 is 9.53 Å². The number of rotatable bonds is 8. The van der Waals surface area contributed by atoms with Gasteiger partial charge in [-0.2, -0.15) is 4.98 Å². The molecule has 2 N–H and O–H groups in total. The molecule has 8 heteroatoms. The molecule has 2 fully saturated rings. The van der Waals surface area contributed by atoms with Crippen LogP contribution in [0.25, 0.3) is 11.0 Å². The monoisotopic (exact) mass is 496 g/mol. The molecule has 190 valence electrons. The summed E-state index contributed by atoms with van der Waals surface area (Å²) >= 11 is 0. The molecule has 0 unspecified atom stereocenters. The average Bonchev–Trinajstić information content (AvgIpc) is 3.26. The minimum atomic E-state index is 0.132. The number of benzene rings is 2. The van der Waals surface area contributed by atoms with Gasteiger partial charge in [-0.25, -0.2) is 4.98 Å². The summed E-state index contributed by atoms with van der Waals surface area (Å²) in [6.45, 7) is 5.08. The number of carbonyl (C=O) groups excluding carboxylic acids is 1. The second-order valence-corrected chi connectivity index (χ2v) is 9.95. The van der Waals surface area contributed by atoms with Gasteiger partial charge in [-0.3, -0.25) is 9.69 Å². The Labute approximate surface area is 216 Å². The molecule has 8 nitrogen and oxygen atoms in total. The largest absolute Gasteiger partial charge is 0.379 e. The van der Waals surface area contributed by atoms with Crippen LogP contribution >= 0.6 is 0 Å². The van der Waals surface area contributed by atoms with E-state index in [1.165, 1.54) is 5.56 Å². The quantitative estimate of drug-likeness (QED) is 0.365. The SMILES string of the molecule is O=C(Nc1cccc(Cn2ccc3cnc(Nc4cccc(CN5CCOCC5)c4)nc32)c1)C1CCC1. The van der Waals surface area contributed by atoms with Gasteiger partial charge in [0.1, 0.15) is 5.65 Å². The molecule has 4 aromatic rings. The average molecular weight is 497 g/mol. The number of fused-ring (bicyclic) bond motifs is 1. The summed E-state index contributed by atoms with van der Waals surface area (Å²) in [6, 6.07) is 18.5. The lowest BCUT2D eigenvalue weighted by Gasteiger charge is -2.26. The third-order valence-corrected chi connectivity index (χ3v) is 7.22. The van der Waals surface area contributed by atoms with E-state index in [1.54, 1.807) is 0 Å². The van der Waals surface area contributed by atoms with Gasteiger partial charge in [-0.05, 0) is 54.3 Å². The normalized spacial score (nSPS) is 16.4. The zero-order chi connectivity index (χ0) is 25.0. The molecule has 2 aromatic heterocycles. The fourth-order valence-corrected chi connectivity index (χ4v) is 4.91. The van der Waals surface area contributed by atoms with E-state index >= 15 is 0 Å². The Morgan fingerprint density at radius 3 is 2.51 bits per heavy atom. The molecule has 3 heterocycles. The molecule has 2 aliphatic rings. The van der Waals surface area contributed by atoms with Crippen LogP contribution in [0, 0.1) is 5.92 Å². The smallest absolute Gasteiger partial charge is 0.229 e. The van der Waals surface area contributed by atoms with E-state index in [0.717, 1.165) is 80.1 Å². The molecule has 0 spiro atoms. The standard InChI is InChI=1S/C29H32N6O2/c36-28(23-6-3-7-23)31-25-8-2-5-22(17-25)20-35-11-10-24-18-30-29(33-27(24)35)32-26-9-1-4-21(16-26)19-34-12-14-37-15-13-34/h1-2,4-5,8-11,16-18,23H,3,6-7,12-15,19-20H2,(H,31,36)(H,30,32,33). The van der Waals surface area contributed by atoms with E-state index < -0.39 is 0 Å². The number of amides is 1. The second kappa shape index (κ2) is 10.7. The lowest BCUT2D eigenvalue weighted by Crippen LogP contribution is -2.35. The Morgan fingerprint density at radius 2 is 1.73 bits per heavy atom. The predicted octanol–water partition coefficient (Wildman–Crippen LogP) is 4.79. The number of carbonyl (C=O) groups is 1. The highest BCUT2D eigenvalue weighted by atomic mass is 16.5. The van der Waals surface area contributed by atoms with Crippen molar-refractivity contribution in [2.45, 2.75) is 32.4 Å². The van der Waals surface area contributed by atoms with Crippen LogP contribution in [0.5, 0.6) is 0 Å². The number of anilines is 3. The summed E-state index contributed by atoms with van der Waals surface area (Å²) in [7, 11) is 0. The van der Waals surface area contributed by atoms with Crippen molar-refractivity contribution in [3.8, 4) is 0 Å². The van der Waals surface area contributed by atoms with Crippen molar-refractivity contribution >= 4 is 34.3 Å². The summed E-state index contributed by atoms with van der Waals surface area (Å²) in [5.41, 5.74) is 5.04. The topological polar surface area (TPSA) is 84.3 Å². The van der Waals surface area contributed by atoms with Gasteiger partial charge in [-0.15, -0.1) is 0 Å². The van der Waals surface area contributed by atoms with Crippen molar-refractivity contribution in [1.82, 2.24) is 19.4 Å². The number of ether oxygens (including phenoxy) is 1. The maximum atomic E-state index is 12.4. The zero-order valence-corrected chi connectivity index (χ0v) is 20.9. The first kappa shape index (κ1) is 23.6. The second-order valence-electron chi connectivity index (χ2n) is 9.95. The van der Waals surface area contributed by atoms with E-state index in [-0.39, 0.29) is 11.8 Å². The zero-order valence-electron chi connectivity index (χ0n) is 20.9. The summed E-state index contributed by atoms with van der Waals surface area (Å²) in [5.74, 6) is 0.865. The Hall–Kier alpha value is -3.75. The van der Waals surface area contributed by atoms with E-state index in [1.807, 2.05) is 42.7 Å². The fraction of sp³-hybridized carbons (Fsp3) is 0.345. The van der Waals surface area contributed by atoms with Crippen LogP contribution in [0.2, 0.25) is 0 Å². The molecular formula is C29H32N6O2. The fourth-order valence-electron chi connectivity index (χ4n) is 4.91. The number of hydrogen-bond acceptors (Lipinski definition) is 6. The van der Waals surface area contributed by atoms with Crippen LogP contribution in [-0.4, -0.2) is 51.6 Å². The van der Waals surface area contributed by atoms with Crippen LogP contribution in [0.15, 0.2) is 67.0 Å². The Balaban J connectivity index is 1.16. The first-order valence-corrected chi connectivity index (χ1v) is 13.1. The van der Waals surface area contributed by atoms with Gasteiger partial charge < -0.3 is 19.9 Å². The van der Waals surface area contributed by atoms with Crippen molar-refractivity contribution in [3.05, 3.63) is 78.1 Å². The van der Waals surface area contributed by atoms with E-state index in [2.05, 4.69) is 49.4 Å².